The summed E-state index contributed by atoms with van der Waals surface area (Å²) in [4.78, 5) is 14.3. The molecule has 20 heavy (non-hydrogen) atoms. The van der Waals surface area contributed by atoms with Gasteiger partial charge in [0, 0.05) is 19.3 Å². The molecular formula is C14H20ClN5. The highest BCUT2D eigenvalue weighted by Gasteiger charge is 2.39. The van der Waals surface area contributed by atoms with E-state index in [1.165, 1.54) is 25.9 Å². The SMILES string of the molecule is CN(c1ncnc2[nH]ccc12)C1CC2CNC[C@@H]2C1.Cl. The van der Waals surface area contributed by atoms with Gasteiger partial charge in [-0.1, -0.05) is 0 Å². The normalized spacial score (nSPS) is 28.4. The Hall–Kier alpha value is -1.33. The Balaban J connectivity index is 0.00000121. The van der Waals surface area contributed by atoms with Gasteiger partial charge in [0.2, 0.25) is 0 Å². The number of nitrogens with zero attached hydrogens (tertiary/aromatic N) is 3. The fraction of sp³-hybridized carbons (Fsp3) is 0.571. The zero-order valence-corrected chi connectivity index (χ0v) is 12.4. The minimum atomic E-state index is 0. The molecule has 5 nitrogen and oxygen atoms in total. The Labute approximate surface area is 124 Å². The van der Waals surface area contributed by atoms with E-state index in [0.717, 1.165) is 28.7 Å². The summed E-state index contributed by atoms with van der Waals surface area (Å²) in [5, 5.41) is 4.63. The highest BCUT2D eigenvalue weighted by atomic mass is 35.5. The molecule has 1 aliphatic carbocycles. The third-order valence-corrected chi connectivity index (χ3v) is 4.84. The van der Waals surface area contributed by atoms with Crippen LogP contribution in [0.4, 0.5) is 5.82 Å². The van der Waals surface area contributed by atoms with E-state index in [1.807, 2.05) is 6.20 Å². The van der Waals surface area contributed by atoms with Crippen molar-refractivity contribution in [2.75, 3.05) is 25.0 Å². The average molecular weight is 294 g/mol. The van der Waals surface area contributed by atoms with Crippen LogP contribution in [0.3, 0.4) is 0 Å². The summed E-state index contributed by atoms with van der Waals surface area (Å²) in [5.74, 6) is 2.77. The maximum absolute atomic E-state index is 4.50. The van der Waals surface area contributed by atoms with E-state index < -0.39 is 0 Å². The fourth-order valence-corrected chi connectivity index (χ4v) is 3.76. The van der Waals surface area contributed by atoms with Crippen LogP contribution < -0.4 is 10.2 Å². The van der Waals surface area contributed by atoms with Gasteiger partial charge in [-0.25, -0.2) is 9.97 Å². The van der Waals surface area contributed by atoms with Crippen LogP contribution in [-0.2, 0) is 0 Å². The Kier molecular flexibility index (Phi) is 3.56. The number of hydrogen-bond acceptors (Lipinski definition) is 4. The Morgan fingerprint density at radius 1 is 1.20 bits per heavy atom. The monoisotopic (exact) mass is 293 g/mol. The Morgan fingerprint density at radius 3 is 2.70 bits per heavy atom. The van der Waals surface area contributed by atoms with Crippen LogP contribution >= 0.6 is 12.4 Å². The summed E-state index contributed by atoms with van der Waals surface area (Å²) in [6, 6.07) is 2.68. The third kappa shape index (κ3) is 2.05. The second-order valence-corrected chi connectivity index (χ2v) is 5.85. The van der Waals surface area contributed by atoms with Crippen molar-refractivity contribution in [1.29, 1.82) is 0 Å². The highest BCUT2D eigenvalue weighted by molar-refractivity contribution is 5.87. The van der Waals surface area contributed by atoms with Crippen LogP contribution in [0.2, 0.25) is 0 Å². The van der Waals surface area contributed by atoms with Crippen LogP contribution in [0, 0.1) is 11.8 Å². The van der Waals surface area contributed by atoms with Crippen molar-refractivity contribution in [3.8, 4) is 0 Å². The lowest BCUT2D eigenvalue weighted by Crippen LogP contribution is -2.31. The average Bonchev–Trinajstić information content (AvgIpc) is 3.11. The minimum absolute atomic E-state index is 0. The highest BCUT2D eigenvalue weighted by Crippen LogP contribution is 2.38. The molecule has 2 aromatic heterocycles. The molecule has 4 rings (SSSR count). The summed E-state index contributed by atoms with van der Waals surface area (Å²) in [6.45, 7) is 2.39. The van der Waals surface area contributed by atoms with Gasteiger partial charge in [0.05, 0.1) is 5.39 Å². The lowest BCUT2D eigenvalue weighted by molar-refractivity contribution is 0.494. The van der Waals surface area contributed by atoms with Gasteiger partial charge < -0.3 is 15.2 Å². The first-order valence-electron chi connectivity index (χ1n) is 7.04. The molecule has 1 saturated heterocycles. The third-order valence-electron chi connectivity index (χ3n) is 4.84. The predicted octanol–water partition coefficient (Wildman–Crippen LogP) is 1.81. The van der Waals surface area contributed by atoms with Crippen molar-refractivity contribution in [2.45, 2.75) is 18.9 Å². The van der Waals surface area contributed by atoms with Crippen LogP contribution in [0.5, 0.6) is 0 Å². The maximum atomic E-state index is 4.50. The largest absolute Gasteiger partial charge is 0.356 e. The van der Waals surface area contributed by atoms with Crippen LogP contribution in [0.1, 0.15) is 12.8 Å². The molecular weight excluding hydrogens is 274 g/mol. The van der Waals surface area contributed by atoms with Crippen molar-refractivity contribution in [2.24, 2.45) is 11.8 Å². The molecule has 0 bridgehead atoms. The quantitative estimate of drug-likeness (QED) is 0.887. The van der Waals surface area contributed by atoms with Crippen LogP contribution in [-0.4, -0.2) is 41.1 Å². The first-order chi connectivity index (χ1) is 9.33. The molecule has 108 valence electrons. The van der Waals surface area contributed by atoms with Gasteiger partial charge in [0.25, 0.3) is 0 Å². The molecule has 2 aliphatic rings. The van der Waals surface area contributed by atoms with Gasteiger partial charge >= 0.3 is 0 Å². The number of fused-ring (bicyclic) bond motifs is 2. The van der Waals surface area contributed by atoms with E-state index in [-0.39, 0.29) is 12.4 Å². The predicted molar refractivity (Wildman–Crippen MR) is 82.4 cm³/mol. The smallest absolute Gasteiger partial charge is 0.142 e. The standard InChI is InChI=1S/C14H19N5.ClH/c1-19(11-4-9-6-15-7-10(9)5-11)14-12-2-3-16-13(12)17-8-18-14;/h2-3,8-11,15H,4-7H2,1H3,(H,16,17,18);1H/t9-,10?,11?;/m0./s1. The number of aromatic nitrogens is 3. The van der Waals surface area contributed by atoms with Crippen molar-refractivity contribution < 1.29 is 0 Å². The molecule has 6 heteroatoms. The van der Waals surface area contributed by atoms with E-state index >= 15 is 0 Å². The number of aromatic amines is 1. The number of rotatable bonds is 2. The lowest BCUT2D eigenvalue weighted by Gasteiger charge is -2.26. The summed E-state index contributed by atoms with van der Waals surface area (Å²) < 4.78 is 0. The second-order valence-electron chi connectivity index (χ2n) is 5.85. The summed E-state index contributed by atoms with van der Waals surface area (Å²) in [5.41, 5.74) is 0.928. The fourth-order valence-electron chi connectivity index (χ4n) is 3.76. The lowest BCUT2D eigenvalue weighted by atomic mass is 10.0. The summed E-state index contributed by atoms with van der Waals surface area (Å²) in [6.07, 6.45) is 6.15. The molecule has 3 atom stereocenters. The van der Waals surface area contributed by atoms with Crippen molar-refractivity contribution in [3.05, 3.63) is 18.6 Å². The molecule has 1 aliphatic heterocycles. The first-order valence-corrected chi connectivity index (χ1v) is 7.04. The van der Waals surface area contributed by atoms with E-state index in [9.17, 15) is 0 Å². The minimum Gasteiger partial charge on any atom is -0.356 e. The van der Waals surface area contributed by atoms with Gasteiger partial charge in [-0.2, -0.15) is 0 Å². The molecule has 0 amide bonds. The van der Waals surface area contributed by atoms with Gasteiger partial charge in [0.1, 0.15) is 17.8 Å². The number of hydrogen-bond donors (Lipinski definition) is 2. The maximum Gasteiger partial charge on any atom is 0.142 e. The number of nitrogens with one attached hydrogen (secondary N) is 2. The van der Waals surface area contributed by atoms with Gasteiger partial charge in [0.15, 0.2) is 0 Å². The Morgan fingerprint density at radius 2 is 1.95 bits per heavy atom. The van der Waals surface area contributed by atoms with Crippen LogP contribution in [0.15, 0.2) is 18.6 Å². The molecule has 0 aromatic carbocycles. The molecule has 0 radical (unpaired) electrons. The molecule has 3 heterocycles. The molecule has 1 saturated carbocycles. The van der Waals surface area contributed by atoms with Crippen LogP contribution in [0.25, 0.3) is 11.0 Å². The van der Waals surface area contributed by atoms with Gasteiger partial charge in [-0.15, -0.1) is 12.4 Å². The molecule has 2 aromatic rings. The zero-order valence-electron chi connectivity index (χ0n) is 11.5. The number of anilines is 1. The molecule has 2 N–H and O–H groups in total. The Bertz CT molecular complexity index is 586. The van der Waals surface area contributed by atoms with E-state index in [4.69, 9.17) is 0 Å². The number of H-pyrrole nitrogens is 1. The number of halogens is 1. The first kappa shape index (κ1) is 13.6. The van der Waals surface area contributed by atoms with Gasteiger partial charge in [-0.3, -0.25) is 0 Å². The summed E-state index contributed by atoms with van der Waals surface area (Å²) >= 11 is 0. The molecule has 0 spiro atoms. The zero-order chi connectivity index (χ0) is 12.8. The van der Waals surface area contributed by atoms with Crippen molar-refractivity contribution in [3.63, 3.8) is 0 Å². The topological polar surface area (TPSA) is 56.8 Å². The molecule has 2 fully saturated rings. The molecule has 2 unspecified atom stereocenters. The van der Waals surface area contributed by atoms with E-state index in [2.05, 4.69) is 38.3 Å². The summed E-state index contributed by atoms with van der Waals surface area (Å²) in [7, 11) is 2.17. The van der Waals surface area contributed by atoms with Gasteiger partial charge in [-0.05, 0) is 43.8 Å². The van der Waals surface area contributed by atoms with E-state index in [1.54, 1.807) is 6.33 Å². The second kappa shape index (κ2) is 5.22. The van der Waals surface area contributed by atoms with Crippen molar-refractivity contribution in [1.82, 2.24) is 20.3 Å². The van der Waals surface area contributed by atoms with Crippen molar-refractivity contribution >= 4 is 29.3 Å². The van der Waals surface area contributed by atoms with E-state index in [0.29, 0.717) is 6.04 Å².